The minimum atomic E-state index is 0.517. The highest BCUT2D eigenvalue weighted by Crippen LogP contribution is 2.21. The second kappa shape index (κ2) is 20.1. The highest BCUT2D eigenvalue weighted by atomic mass is 16.5. The first-order valence-electron chi connectivity index (χ1n) is 14.1. The van der Waals surface area contributed by atoms with Crippen LogP contribution in [0.3, 0.4) is 0 Å². The Hall–Kier alpha value is -2.14. The van der Waals surface area contributed by atoms with Gasteiger partial charge in [-0.15, -0.1) is 0 Å². The fourth-order valence-corrected chi connectivity index (χ4v) is 3.97. The van der Waals surface area contributed by atoms with Gasteiger partial charge in [0.2, 0.25) is 0 Å². The van der Waals surface area contributed by atoms with Crippen LogP contribution in [-0.2, 0) is 4.74 Å². The van der Waals surface area contributed by atoms with Crippen molar-refractivity contribution in [3.8, 4) is 22.9 Å². The summed E-state index contributed by atoms with van der Waals surface area (Å²) in [7, 11) is 0. The molecule has 2 rings (SSSR count). The monoisotopic (exact) mass is 484 g/mol. The lowest BCUT2D eigenvalue weighted by Gasteiger charge is -2.08. The topological polar surface area (TPSA) is 53.5 Å². The molecule has 0 bridgehead atoms. The van der Waals surface area contributed by atoms with Crippen LogP contribution in [0.5, 0.6) is 11.5 Å². The Labute approximate surface area is 214 Å². The molecule has 0 radical (unpaired) electrons. The lowest BCUT2D eigenvalue weighted by Crippen LogP contribution is -2.08. The van der Waals surface area contributed by atoms with Crippen molar-refractivity contribution >= 4 is 0 Å². The van der Waals surface area contributed by atoms with E-state index in [1.54, 1.807) is 12.4 Å². The van der Waals surface area contributed by atoms with E-state index in [1.807, 2.05) is 24.3 Å². The van der Waals surface area contributed by atoms with Crippen LogP contribution in [0.2, 0.25) is 0 Å². The van der Waals surface area contributed by atoms with Crippen molar-refractivity contribution in [3.05, 3.63) is 36.7 Å². The summed E-state index contributed by atoms with van der Waals surface area (Å²) in [5.74, 6) is 2.26. The Morgan fingerprint density at radius 3 is 1.63 bits per heavy atom. The standard InChI is InChI=1S/C30H48N2O3/c1-3-5-7-9-10-11-12-14-16-22-34-28-19-17-27(18-20-28)30-31-25-29(26-32-30)35-24-23-33-21-15-13-8-6-4-2/h17-20,25-26H,3-16,21-24H2,1-2H3. The molecule has 1 aromatic heterocycles. The maximum atomic E-state index is 5.90. The average Bonchev–Trinajstić information content (AvgIpc) is 2.89. The van der Waals surface area contributed by atoms with Gasteiger partial charge in [0.05, 0.1) is 25.6 Å². The SMILES string of the molecule is CCCCCCCCCCCOc1ccc(-c2ncc(OCCOCCCCCCC)cn2)cc1. The van der Waals surface area contributed by atoms with Crippen molar-refractivity contribution in [3.63, 3.8) is 0 Å². The maximum absolute atomic E-state index is 5.90. The van der Waals surface area contributed by atoms with Gasteiger partial charge in [-0.25, -0.2) is 9.97 Å². The molecule has 0 atom stereocenters. The van der Waals surface area contributed by atoms with Crippen molar-refractivity contribution in [1.29, 1.82) is 0 Å². The van der Waals surface area contributed by atoms with Crippen molar-refractivity contribution in [2.45, 2.75) is 104 Å². The predicted octanol–water partition coefficient (Wildman–Crippen LogP) is 8.42. The molecular weight excluding hydrogens is 436 g/mol. The Morgan fingerprint density at radius 1 is 0.514 bits per heavy atom. The molecule has 2 aromatic rings. The molecule has 35 heavy (non-hydrogen) atoms. The van der Waals surface area contributed by atoms with Gasteiger partial charge in [0, 0.05) is 12.2 Å². The van der Waals surface area contributed by atoms with Gasteiger partial charge < -0.3 is 14.2 Å². The van der Waals surface area contributed by atoms with Crippen LogP contribution in [-0.4, -0.2) is 36.4 Å². The van der Waals surface area contributed by atoms with E-state index in [4.69, 9.17) is 14.2 Å². The van der Waals surface area contributed by atoms with Crippen LogP contribution in [0.4, 0.5) is 0 Å². The summed E-state index contributed by atoms with van der Waals surface area (Å²) >= 11 is 0. The molecule has 0 aliphatic heterocycles. The molecule has 1 heterocycles. The lowest BCUT2D eigenvalue weighted by atomic mass is 10.1. The van der Waals surface area contributed by atoms with E-state index in [2.05, 4.69) is 23.8 Å². The average molecular weight is 485 g/mol. The summed E-state index contributed by atoms with van der Waals surface area (Å²) in [5.41, 5.74) is 0.971. The maximum Gasteiger partial charge on any atom is 0.159 e. The molecule has 0 saturated heterocycles. The van der Waals surface area contributed by atoms with Crippen molar-refractivity contribution < 1.29 is 14.2 Å². The second-order valence-corrected chi connectivity index (χ2v) is 9.32. The quantitative estimate of drug-likeness (QED) is 0.157. The van der Waals surface area contributed by atoms with Crippen LogP contribution in [0, 0.1) is 0 Å². The van der Waals surface area contributed by atoms with Crippen LogP contribution in [0.1, 0.15) is 104 Å². The summed E-state index contributed by atoms with van der Waals surface area (Å²) in [5, 5.41) is 0. The number of unbranched alkanes of at least 4 members (excludes halogenated alkanes) is 12. The molecule has 196 valence electrons. The molecule has 0 saturated carbocycles. The first-order chi connectivity index (χ1) is 17.3. The highest BCUT2D eigenvalue weighted by molar-refractivity contribution is 5.56. The molecule has 0 aliphatic rings. The number of benzene rings is 1. The fourth-order valence-electron chi connectivity index (χ4n) is 3.97. The highest BCUT2D eigenvalue weighted by Gasteiger charge is 2.04. The third-order valence-electron chi connectivity index (χ3n) is 6.15. The lowest BCUT2D eigenvalue weighted by molar-refractivity contribution is 0.0968. The van der Waals surface area contributed by atoms with Gasteiger partial charge >= 0.3 is 0 Å². The van der Waals surface area contributed by atoms with E-state index in [1.165, 1.54) is 77.0 Å². The first-order valence-corrected chi connectivity index (χ1v) is 14.1. The number of rotatable bonds is 22. The van der Waals surface area contributed by atoms with Crippen LogP contribution < -0.4 is 9.47 Å². The Bertz CT molecular complexity index is 734. The molecule has 0 spiro atoms. The predicted molar refractivity (Wildman–Crippen MR) is 145 cm³/mol. The molecular formula is C30H48N2O3. The normalized spacial score (nSPS) is 11.0. The molecule has 5 heteroatoms. The zero-order valence-corrected chi connectivity index (χ0v) is 22.3. The van der Waals surface area contributed by atoms with Crippen LogP contribution in [0.15, 0.2) is 36.7 Å². The second-order valence-electron chi connectivity index (χ2n) is 9.32. The van der Waals surface area contributed by atoms with E-state index >= 15 is 0 Å². The van der Waals surface area contributed by atoms with Gasteiger partial charge in [-0.05, 0) is 37.1 Å². The summed E-state index contributed by atoms with van der Waals surface area (Å²) < 4.78 is 17.2. The van der Waals surface area contributed by atoms with E-state index in [0.717, 1.165) is 37.4 Å². The first kappa shape index (κ1) is 29.1. The van der Waals surface area contributed by atoms with Gasteiger partial charge in [-0.2, -0.15) is 0 Å². The Kier molecular flexibility index (Phi) is 16.7. The molecule has 0 amide bonds. The number of ether oxygens (including phenoxy) is 3. The summed E-state index contributed by atoms with van der Waals surface area (Å²) in [6.07, 6.45) is 21.6. The van der Waals surface area contributed by atoms with Gasteiger partial charge in [-0.3, -0.25) is 0 Å². The van der Waals surface area contributed by atoms with E-state index in [-0.39, 0.29) is 0 Å². The molecule has 0 unspecified atom stereocenters. The molecule has 5 nitrogen and oxygen atoms in total. The summed E-state index contributed by atoms with van der Waals surface area (Å²) in [6, 6.07) is 8.01. The fraction of sp³-hybridized carbons (Fsp3) is 0.667. The Morgan fingerprint density at radius 2 is 1.03 bits per heavy atom. The van der Waals surface area contributed by atoms with Gasteiger partial charge in [0.25, 0.3) is 0 Å². The zero-order valence-electron chi connectivity index (χ0n) is 22.3. The van der Waals surface area contributed by atoms with Crippen LogP contribution in [0.25, 0.3) is 11.4 Å². The number of hydrogen-bond donors (Lipinski definition) is 0. The van der Waals surface area contributed by atoms with Crippen molar-refractivity contribution in [1.82, 2.24) is 9.97 Å². The third kappa shape index (κ3) is 14.1. The van der Waals surface area contributed by atoms with Crippen molar-refractivity contribution in [2.24, 2.45) is 0 Å². The molecule has 1 aromatic carbocycles. The van der Waals surface area contributed by atoms with Gasteiger partial charge in [-0.1, -0.05) is 90.9 Å². The van der Waals surface area contributed by atoms with Crippen molar-refractivity contribution in [2.75, 3.05) is 26.4 Å². The summed E-state index contributed by atoms with van der Waals surface area (Å²) in [4.78, 5) is 8.89. The largest absolute Gasteiger partial charge is 0.494 e. The van der Waals surface area contributed by atoms with E-state index in [0.29, 0.717) is 24.8 Å². The van der Waals surface area contributed by atoms with Gasteiger partial charge in [0.15, 0.2) is 11.6 Å². The number of hydrogen-bond acceptors (Lipinski definition) is 5. The van der Waals surface area contributed by atoms with Crippen LogP contribution >= 0.6 is 0 Å². The number of nitrogens with zero attached hydrogens (tertiary/aromatic N) is 2. The van der Waals surface area contributed by atoms with E-state index in [9.17, 15) is 0 Å². The van der Waals surface area contributed by atoms with Gasteiger partial charge in [0.1, 0.15) is 12.4 Å². The minimum Gasteiger partial charge on any atom is -0.494 e. The van der Waals surface area contributed by atoms with E-state index < -0.39 is 0 Å². The third-order valence-corrected chi connectivity index (χ3v) is 6.15. The Balaban J connectivity index is 1.55. The zero-order chi connectivity index (χ0) is 24.8. The molecule has 0 fully saturated rings. The molecule has 0 N–H and O–H groups in total. The summed E-state index contributed by atoms with van der Waals surface area (Å²) in [6.45, 7) is 7.19. The number of aromatic nitrogens is 2. The smallest absolute Gasteiger partial charge is 0.159 e. The molecule has 0 aliphatic carbocycles. The minimum absolute atomic E-state index is 0.517.